The Bertz CT molecular complexity index is 610. The van der Waals surface area contributed by atoms with Gasteiger partial charge in [0.05, 0.1) is 0 Å². The molecule has 23 heavy (non-hydrogen) atoms. The molecule has 0 bridgehead atoms. The van der Waals surface area contributed by atoms with Crippen LogP contribution in [0.5, 0.6) is 0 Å². The number of carbonyl (C=O) groups excluding carboxylic acids is 1. The summed E-state index contributed by atoms with van der Waals surface area (Å²) in [5.41, 5.74) is 7.03. The monoisotopic (exact) mass is 337 g/mol. The maximum absolute atomic E-state index is 12.7. The molecule has 1 aromatic rings. The SMILES string of the molecule is O=C(O)C1CCCCN1C(=O)C1CC(c2ccccc2Cl)NN1. The molecule has 7 heteroatoms. The van der Waals surface area contributed by atoms with Crippen LogP contribution in [0.2, 0.25) is 5.02 Å². The number of halogens is 1. The average molecular weight is 338 g/mol. The maximum atomic E-state index is 12.7. The largest absolute Gasteiger partial charge is 0.480 e. The molecule has 3 rings (SSSR count). The van der Waals surface area contributed by atoms with Gasteiger partial charge in [-0.15, -0.1) is 0 Å². The van der Waals surface area contributed by atoms with Crippen molar-refractivity contribution in [2.45, 2.75) is 43.8 Å². The third-order valence-corrected chi connectivity index (χ3v) is 4.90. The predicted octanol–water partition coefficient (Wildman–Crippen LogP) is 1.71. The Morgan fingerprint density at radius 3 is 2.74 bits per heavy atom. The standard InChI is InChI=1S/C16H20ClN3O3/c17-11-6-2-1-5-10(11)12-9-13(19-18-12)15(21)20-8-4-3-7-14(20)16(22)23/h1-2,5-6,12-14,18-19H,3-4,7-9H2,(H,22,23). The van der Waals surface area contributed by atoms with Crippen molar-refractivity contribution in [1.29, 1.82) is 0 Å². The number of amides is 1. The normalized spacial score (nSPS) is 27.9. The van der Waals surface area contributed by atoms with E-state index in [-0.39, 0.29) is 11.9 Å². The van der Waals surface area contributed by atoms with Crippen LogP contribution in [-0.2, 0) is 9.59 Å². The molecule has 0 saturated carbocycles. The summed E-state index contributed by atoms with van der Waals surface area (Å²) in [5.74, 6) is -1.08. The molecule has 0 aromatic heterocycles. The second-order valence-electron chi connectivity index (χ2n) is 6.03. The van der Waals surface area contributed by atoms with Crippen LogP contribution in [0.4, 0.5) is 0 Å². The number of rotatable bonds is 3. The van der Waals surface area contributed by atoms with Crippen LogP contribution < -0.4 is 10.9 Å². The van der Waals surface area contributed by atoms with Crippen LogP contribution in [0.3, 0.4) is 0 Å². The lowest BCUT2D eigenvalue weighted by molar-refractivity contribution is -0.152. The highest BCUT2D eigenvalue weighted by Gasteiger charge is 2.38. The molecule has 1 aromatic carbocycles. The second kappa shape index (κ2) is 6.86. The summed E-state index contributed by atoms with van der Waals surface area (Å²) in [7, 11) is 0. The summed E-state index contributed by atoms with van der Waals surface area (Å²) in [5, 5.41) is 9.97. The van der Waals surface area contributed by atoms with Gasteiger partial charge in [-0.25, -0.2) is 15.6 Å². The number of aliphatic carboxylic acids is 1. The van der Waals surface area contributed by atoms with Gasteiger partial charge >= 0.3 is 5.97 Å². The van der Waals surface area contributed by atoms with Crippen LogP contribution in [0.1, 0.15) is 37.3 Å². The van der Waals surface area contributed by atoms with Crippen LogP contribution in [0.15, 0.2) is 24.3 Å². The Morgan fingerprint density at radius 1 is 1.22 bits per heavy atom. The summed E-state index contributed by atoms with van der Waals surface area (Å²) < 4.78 is 0. The van der Waals surface area contributed by atoms with E-state index in [2.05, 4.69) is 10.9 Å². The minimum absolute atomic E-state index is 0.0641. The van der Waals surface area contributed by atoms with Gasteiger partial charge < -0.3 is 10.0 Å². The molecule has 3 unspecified atom stereocenters. The Hall–Kier alpha value is -1.63. The van der Waals surface area contributed by atoms with Crippen molar-refractivity contribution in [3.05, 3.63) is 34.9 Å². The Morgan fingerprint density at radius 2 is 2.00 bits per heavy atom. The molecule has 3 N–H and O–H groups in total. The van der Waals surface area contributed by atoms with E-state index in [9.17, 15) is 14.7 Å². The zero-order chi connectivity index (χ0) is 16.4. The topological polar surface area (TPSA) is 81.7 Å². The number of carboxylic acids is 1. The summed E-state index contributed by atoms with van der Waals surface area (Å²) in [6.45, 7) is 0.505. The van der Waals surface area contributed by atoms with Gasteiger partial charge in [-0.1, -0.05) is 29.8 Å². The Balaban J connectivity index is 1.69. The lowest BCUT2D eigenvalue weighted by Crippen LogP contribution is -2.54. The number of benzene rings is 1. The number of nitrogens with zero attached hydrogens (tertiary/aromatic N) is 1. The fourth-order valence-corrected chi connectivity index (χ4v) is 3.60. The number of piperidine rings is 1. The first-order chi connectivity index (χ1) is 11.1. The molecule has 2 aliphatic heterocycles. The van der Waals surface area contributed by atoms with Gasteiger partial charge in [-0.2, -0.15) is 0 Å². The van der Waals surface area contributed by atoms with E-state index in [0.717, 1.165) is 18.4 Å². The molecular formula is C16H20ClN3O3. The van der Waals surface area contributed by atoms with Crippen molar-refractivity contribution in [1.82, 2.24) is 15.8 Å². The number of nitrogens with one attached hydrogen (secondary N) is 2. The van der Waals surface area contributed by atoms with E-state index in [4.69, 9.17) is 11.6 Å². The summed E-state index contributed by atoms with van der Waals surface area (Å²) in [6.07, 6.45) is 2.77. The molecule has 124 valence electrons. The van der Waals surface area contributed by atoms with E-state index in [0.29, 0.717) is 24.4 Å². The van der Waals surface area contributed by atoms with Gasteiger partial charge in [0.2, 0.25) is 5.91 Å². The van der Waals surface area contributed by atoms with E-state index >= 15 is 0 Å². The zero-order valence-corrected chi connectivity index (χ0v) is 13.4. The Kier molecular flexibility index (Phi) is 4.84. The van der Waals surface area contributed by atoms with Crippen LogP contribution >= 0.6 is 11.6 Å². The quantitative estimate of drug-likeness (QED) is 0.782. The number of hydrazine groups is 1. The van der Waals surface area contributed by atoms with Gasteiger partial charge in [0.25, 0.3) is 0 Å². The van der Waals surface area contributed by atoms with Crippen molar-refractivity contribution < 1.29 is 14.7 Å². The van der Waals surface area contributed by atoms with Gasteiger partial charge in [0, 0.05) is 17.6 Å². The van der Waals surface area contributed by atoms with Gasteiger partial charge in [0.15, 0.2) is 0 Å². The van der Waals surface area contributed by atoms with E-state index in [1.54, 1.807) is 0 Å². The van der Waals surface area contributed by atoms with Gasteiger partial charge in [0.1, 0.15) is 12.1 Å². The second-order valence-corrected chi connectivity index (χ2v) is 6.44. The number of hydrogen-bond acceptors (Lipinski definition) is 4. The van der Waals surface area contributed by atoms with E-state index < -0.39 is 18.1 Å². The number of carbonyl (C=O) groups is 2. The van der Waals surface area contributed by atoms with Gasteiger partial charge in [-0.05, 0) is 37.3 Å². The first-order valence-electron chi connectivity index (χ1n) is 7.86. The van der Waals surface area contributed by atoms with Crippen LogP contribution in [0, 0.1) is 0 Å². The Labute approximate surface area is 139 Å². The molecule has 2 heterocycles. The minimum atomic E-state index is -0.924. The van der Waals surface area contributed by atoms with E-state index in [1.807, 2.05) is 24.3 Å². The molecule has 0 spiro atoms. The van der Waals surface area contributed by atoms with Crippen molar-refractivity contribution in [3.63, 3.8) is 0 Å². The highest BCUT2D eigenvalue weighted by Crippen LogP contribution is 2.29. The minimum Gasteiger partial charge on any atom is -0.480 e. The first kappa shape index (κ1) is 16.2. The average Bonchev–Trinajstić information content (AvgIpc) is 3.04. The predicted molar refractivity (Wildman–Crippen MR) is 85.9 cm³/mol. The lowest BCUT2D eigenvalue weighted by atomic mass is 9.98. The van der Waals surface area contributed by atoms with Crippen molar-refractivity contribution >= 4 is 23.5 Å². The summed E-state index contributed by atoms with van der Waals surface area (Å²) in [4.78, 5) is 25.6. The summed E-state index contributed by atoms with van der Waals surface area (Å²) in [6, 6.07) is 6.30. The summed E-state index contributed by atoms with van der Waals surface area (Å²) >= 11 is 6.20. The third kappa shape index (κ3) is 3.34. The maximum Gasteiger partial charge on any atom is 0.326 e. The number of hydrogen-bond donors (Lipinski definition) is 3. The van der Waals surface area contributed by atoms with Crippen LogP contribution in [-0.4, -0.2) is 40.5 Å². The molecular weight excluding hydrogens is 318 g/mol. The highest BCUT2D eigenvalue weighted by atomic mass is 35.5. The number of likely N-dealkylation sites (tertiary alicyclic amines) is 1. The fourth-order valence-electron chi connectivity index (χ4n) is 3.33. The van der Waals surface area contributed by atoms with Crippen molar-refractivity contribution in [3.8, 4) is 0 Å². The van der Waals surface area contributed by atoms with Crippen LogP contribution in [0.25, 0.3) is 0 Å². The van der Waals surface area contributed by atoms with Gasteiger partial charge in [-0.3, -0.25) is 4.79 Å². The molecule has 1 amide bonds. The first-order valence-corrected chi connectivity index (χ1v) is 8.24. The molecule has 2 aliphatic rings. The fraction of sp³-hybridized carbons (Fsp3) is 0.500. The zero-order valence-electron chi connectivity index (χ0n) is 12.7. The van der Waals surface area contributed by atoms with E-state index in [1.165, 1.54) is 4.90 Å². The lowest BCUT2D eigenvalue weighted by Gasteiger charge is -2.34. The third-order valence-electron chi connectivity index (χ3n) is 4.55. The molecule has 3 atom stereocenters. The molecule has 2 saturated heterocycles. The smallest absolute Gasteiger partial charge is 0.326 e. The molecule has 2 fully saturated rings. The molecule has 0 radical (unpaired) electrons. The molecule has 6 nitrogen and oxygen atoms in total. The highest BCUT2D eigenvalue weighted by molar-refractivity contribution is 6.31. The van der Waals surface area contributed by atoms with Crippen molar-refractivity contribution in [2.75, 3.05) is 6.54 Å². The number of carboxylic acid groups (broad SMARTS) is 1. The molecule has 0 aliphatic carbocycles. The van der Waals surface area contributed by atoms with Crippen molar-refractivity contribution in [2.24, 2.45) is 0 Å².